The Balaban J connectivity index is 0.000000207. The van der Waals surface area contributed by atoms with Crippen molar-refractivity contribution < 1.29 is 9.47 Å². The van der Waals surface area contributed by atoms with Crippen LogP contribution in [0.1, 0.15) is 108 Å². The van der Waals surface area contributed by atoms with Gasteiger partial charge in [0.05, 0.1) is 33.9 Å². The third-order valence-corrected chi connectivity index (χ3v) is 13.1. The first-order valence-electron chi connectivity index (χ1n) is 27.3. The molecule has 412 valence electrons. The number of benzene rings is 6. The number of tetrazole rings is 2. The van der Waals surface area contributed by atoms with Gasteiger partial charge in [0.2, 0.25) is 5.88 Å². The number of H-pyrrole nitrogens is 1. The zero-order valence-electron chi connectivity index (χ0n) is 47.1. The molecule has 4 aromatic heterocycles. The third kappa shape index (κ3) is 16.5. The highest BCUT2D eigenvalue weighted by atomic mass is 35.5. The molecule has 79 heavy (non-hydrogen) atoms. The van der Waals surface area contributed by atoms with Crippen LogP contribution in [0.5, 0.6) is 11.8 Å². The topological polar surface area (TPSA) is 152 Å². The first-order valence-corrected chi connectivity index (χ1v) is 28.1. The normalized spacial score (nSPS) is 10.5. The monoisotopic (exact) mass is 1100 g/mol. The van der Waals surface area contributed by atoms with Gasteiger partial charge in [-0.1, -0.05) is 242 Å². The number of halogens is 2. The van der Waals surface area contributed by atoms with Crippen LogP contribution >= 0.6 is 23.2 Å². The van der Waals surface area contributed by atoms with Crippen LogP contribution in [0.3, 0.4) is 0 Å². The van der Waals surface area contributed by atoms with Crippen molar-refractivity contribution in [3.05, 3.63) is 202 Å². The lowest BCUT2D eigenvalue weighted by Crippen LogP contribution is -2.07. The number of hydrogen-bond acceptors (Lipinski definition) is 10. The fraction of sp³-hybridized carbons (Fsp3) is 0.302. The van der Waals surface area contributed by atoms with E-state index in [0.717, 1.165) is 107 Å². The molecule has 0 radical (unpaired) electrons. The first kappa shape index (κ1) is 60.3. The summed E-state index contributed by atoms with van der Waals surface area (Å²) in [6.07, 6.45) is 7.25. The second-order valence-corrected chi connectivity index (χ2v) is 18.5. The minimum atomic E-state index is 0.410. The lowest BCUT2D eigenvalue weighted by molar-refractivity contribution is 0.374. The second kappa shape index (κ2) is 32.1. The van der Waals surface area contributed by atoms with Crippen molar-refractivity contribution in [3.63, 3.8) is 0 Å². The number of aryl methyl sites for hydroxylation is 3. The Kier molecular flexibility index (Phi) is 24.5. The molecule has 4 heterocycles. The highest BCUT2D eigenvalue weighted by Gasteiger charge is 2.19. The van der Waals surface area contributed by atoms with Crippen LogP contribution in [0.2, 0.25) is 10.3 Å². The van der Waals surface area contributed by atoms with Gasteiger partial charge in [-0.05, 0) is 84.6 Å². The Bertz CT molecular complexity index is 3320. The van der Waals surface area contributed by atoms with E-state index in [1.807, 2.05) is 91.7 Å². The van der Waals surface area contributed by atoms with Crippen molar-refractivity contribution >= 4 is 23.2 Å². The number of aromatic nitrogens is 12. The fourth-order valence-corrected chi connectivity index (χ4v) is 9.09. The summed E-state index contributed by atoms with van der Waals surface area (Å²) in [5.41, 5.74) is 11.3. The Morgan fingerprint density at radius 3 is 1.37 bits per heavy atom. The van der Waals surface area contributed by atoms with Crippen LogP contribution in [0.4, 0.5) is 0 Å². The molecular weight excluding hydrogens is 1030 g/mol. The van der Waals surface area contributed by atoms with E-state index in [1.54, 1.807) is 14.2 Å². The average Bonchev–Trinajstić information content (AvgIpc) is 4.41. The number of imidazole rings is 2. The van der Waals surface area contributed by atoms with Gasteiger partial charge in [-0.3, -0.25) is 4.57 Å². The third-order valence-electron chi connectivity index (χ3n) is 12.6. The van der Waals surface area contributed by atoms with Crippen LogP contribution < -0.4 is 9.47 Å². The molecule has 0 saturated carbocycles. The Morgan fingerprint density at radius 1 is 0.481 bits per heavy atom. The number of unbranched alkanes of at least 4 members (excludes halogenated alkanes) is 2. The zero-order chi connectivity index (χ0) is 56.4. The smallest absolute Gasteiger partial charge is 0.251 e. The summed E-state index contributed by atoms with van der Waals surface area (Å²) >= 11 is 12.1. The first-order chi connectivity index (χ1) is 38.8. The van der Waals surface area contributed by atoms with E-state index in [2.05, 4.69) is 174 Å². The number of nitrogens with one attached hydrogen (secondary N) is 1. The van der Waals surface area contributed by atoms with Crippen LogP contribution in [-0.2, 0) is 38.9 Å². The summed E-state index contributed by atoms with van der Waals surface area (Å²) < 4.78 is 16.3. The van der Waals surface area contributed by atoms with Crippen LogP contribution in [0.15, 0.2) is 158 Å². The van der Waals surface area contributed by atoms with Gasteiger partial charge >= 0.3 is 0 Å². The lowest BCUT2D eigenvalue weighted by atomic mass is 9.98. The second-order valence-electron chi connectivity index (χ2n) is 17.8. The minimum absolute atomic E-state index is 0.410. The minimum Gasteiger partial charge on any atom is -0.480 e. The fourth-order valence-electron chi connectivity index (χ4n) is 8.58. The SMILES string of the molecule is CC.CC.CCCCc1nc(Cl)c(OC)n1Cc1ccc(-c2ccccc2-c2nnnn2Cc2ccccc2)cc1.CCCCc1nc(OC)c(Cl)[nH]1.CCc1ccc(-c2ccccc2-c2nnnn2Cc2ccccc2)cc1. The molecule has 0 spiro atoms. The zero-order valence-corrected chi connectivity index (χ0v) is 48.6. The molecule has 10 rings (SSSR count). The lowest BCUT2D eigenvalue weighted by Gasteiger charge is -2.13. The maximum atomic E-state index is 6.36. The number of ether oxygens (including phenoxy) is 2. The summed E-state index contributed by atoms with van der Waals surface area (Å²) in [4.78, 5) is 11.7. The molecule has 0 aliphatic rings. The van der Waals surface area contributed by atoms with E-state index < -0.39 is 0 Å². The Labute approximate surface area is 476 Å². The Hall–Kier alpha value is -7.94. The summed E-state index contributed by atoms with van der Waals surface area (Å²) in [6, 6.07) is 54.2. The van der Waals surface area contributed by atoms with E-state index in [0.29, 0.717) is 41.7 Å². The van der Waals surface area contributed by atoms with Gasteiger partial charge in [0.1, 0.15) is 11.6 Å². The number of rotatable bonds is 19. The molecule has 16 heteroatoms. The van der Waals surface area contributed by atoms with Crippen molar-refractivity contribution in [2.24, 2.45) is 0 Å². The van der Waals surface area contributed by atoms with E-state index in [1.165, 1.54) is 16.7 Å². The standard InChI is InChI=1S/C29H29ClN6O.C22H20N4.C8H13ClN2O.2C2H6/c1-3-4-14-26-31-27(30)29(37-2)35(26)19-22-15-17-23(18-16-22)24-12-8-9-13-25(24)28-32-33-34-36(28)20-21-10-6-5-7-11-21;1-2-17-12-14-19(15-13-17)20-10-6-7-11-21(20)22-23-24-25-26(22)16-18-8-4-3-5-9-18;1-3-4-5-6-10-7(9)8(11-6)12-2;2*1-2/h5-13,15-18H,3-4,14,19-20H2,1-2H3;3-15H,2,16H2,1H3;3-5H2,1-2H3,(H,10,11);2*1-2H3. The Morgan fingerprint density at radius 2 is 0.924 bits per heavy atom. The maximum Gasteiger partial charge on any atom is 0.251 e. The molecule has 0 amide bonds. The number of aromatic amines is 1. The van der Waals surface area contributed by atoms with E-state index >= 15 is 0 Å². The van der Waals surface area contributed by atoms with Crippen LogP contribution in [0.25, 0.3) is 45.0 Å². The van der Waals surface area contributed by atoms with E-state index in [4.69, 9.17) is 32.7 Å². The van der Waals surface area contributed by atoms with E-state index in [-0.39, 0.29) is 0 Å². The van der Waals surface area contributed by atoms with Crippen molar-refractivity contribution in [3.8, 4) is 56.8 Å². The van der Waals surface area contributed by atoms with Gasteiger partial charge < -0.3 is 14.5 Å². The summed E-state index contributed by atoms with van der Waals surface area (Å²) in [5, 5.41) is 25.9. The molecule has 0 aliphatic carbocycles. The van der Waals surface area contributed by atoms with Crippen molar-refractivity contribution in [2.75, 3.05) is 14.2 Å². The average molecular weight is 1100 g/mol. The number of hydrogen-bond donors (Lipinski definition) is 1. The van der Waals surface area contributed by atoms with Gasteiger partial charge in [-0.25, -0.2) is 14.3 Å². The molecule has 0 aliphatic heterocycles. The van der Waals surface area contributed by atoms with Crippen LogP contribution in [-0.4, -0.2) is 74.2 Å². The quantitative estimate of drug-likeness (QED) is 0.0828. The molecule has 10 aromatic rings. The highest BCUT2D eigenvalue weighted by molar-refractivity contribution is 6.31. The molecule has 0 atom stereocenters. The highest BCUT2D eigenvalue weighted by Crippen LogP contribution is 2.34. The summed E-state index contributed by atoms with van der Waals surface area (Å²) in [7, 11) is 3.19. The largest absolute Gasteiger partial charge is 0.480 e. The summed E-state index contributed by atoms with van der Waals surface area (Å²) in [5.74, 6) is 4.46. The molecule has 14 nitrogen and oxygen atoms in total. The van der Waals surface area contributed by atoms with Crippen molar-refractivity contribution in [2.45, 2.75) is 113 Å². The molecule has 0 saturated heterocycles. The van der Waals surface area contributed by atoms with Crippen LogP contribution in [0, 0.1) is 0 Å². The van der Waals surface area contributed by atoms with Gasteiger partial charge in [-0.15, -0.1) is 10.2 Å². The molecule has 1 N–H and O–H groups in total. The molecule has 0 bridgehead atoms. The van der Waals surface area contributed by atoms with Crippen molar-refractivity contribution in [1.82, 2.24) is 59.9 Å². The van der Waals surface area contributed by atoms with E-state index in [9.17, 15) is 0 Å². The maximum absolute atomic E-state index is 6.36. The number of methoxy groups -OCH3 is 2. The van der Waals surface area contributed by atoms with Gasteiger partial charge in [0.15, 0.2) is 22.0 Å². The van der Waals surface area contributed by atoms with Gasteiger partial charge in [0, 0.05) is 24.0 Å². The van der Waals surface area contributed by atoms with Gasteiger partial charge in [-0.2, -0.15) is 4.98 Å². The predicted octanol–water partition coefficient (Wildman–Crippen LogP) is 15.4. The molecule has 0 fully saturated rings. The number of nitrogens with zero attached hydrogens (tertiary/aromatic N) is 11. The van der Waals surface area contributed by atoms with Gasteiger partial charge in [0.25, 0.3) is 5.88 Å². The van der Waals surface area contributed by atoms with Crippen molar-refractivity contribution in [1.29, 1.82) is 0 Å². The molecule has 0 unspecified atom stereocenters. The predicted molar refractivity (Wildman–Crippen MR) is 321 cm³/mol. The summed E-state index contributed by atoms with van der Waals surface area (Å²) in [6.45, 7) is 16.4. The molecule has 6 aromatic carbocycles. The molecular formula is C63H74Cl2N12O2.